The molecule has 0 amide bonds. The Labute approximate surface area is 112 Å². The average molecular weight is 261 g/mol. The van der Waals surface area contributed by atoms with Crippen molar-refractivity contribution in [3.8, 4) is 0 Å². The summed E-state index contributed by atoms with van der Waals surface area (Å²) in [6, 6.07) is 9.71. The van der Waals surface area contributed by atoms with Gasteiger partial charge in [0.1, 0.15) is 6.10 Å². The van der Waals surface area contributed by atoms with Gasteiger partial charge in [0, 0.05) is 6.61 Å². The van der Waals surface area contributed by atoms with E-state index in [1.807, 2.05) is 44.2 Å². The van der Waals surface area contributed by atoms with Crippen molar-refractivity contribution < 1.29 is 9.26 Å². The number of aromatic nitrogens is 2. The van der Waals surface area contributed by atoms with E-state index < -0.39 is 0 Å². The van der Waals surface area contributed by atoms with E-state index in [0.717, 1.165) is 5.56 Å². The molecule has 0 saturated heterocycles. The molecule has 5 heteroatoms. The van der Waals surface area contributed by atoms with E-state index in [9.17, 15) is 0 Å². The van der Waals surface area contributed by atoms with Gasteiger partial charge in [0.15, 0.2) is 5.82 Å². The number of nitrogens with zero attached hydrogens (tertiary/aromatic N) is 2. The van der Waals surface area contributed by atoms with Gasteiger partial charge in [-0.1, -0.05) is 35.5 Å². The maximum Gasteiger partial charge on any atom is 0.243 e. The minimum Gasteiger partial charge on any atom is -0.371 e. The van der Waals surface area contributed by atoms with Crippen molar-refractivity contribution in [3.63, 3.8) is 0 Å². The minimum atomic E-state index is -0.294. The van der Waals surface area contributed by atoms with Gasteiger partial charge in [-0.2, -0.15) is 4.98 Å². The van der Waals surface area contributed by atoms with Crippen molar-refractivity contribution in [2.75, 3.05) is 6.61 Å². The van der Waals surface area contributed by atoms with Crippen LogP contribution in [0.1, 0.15) is 43.3 Å². The third-order valence-electron chi connectivity index (χ3n) is 2.85. The highest BCUT2D eigenvalue weighted by Crippen LogP contribution is 2.18. The summed E-state index contributed by atoms with van der Waals surface area (Å²) in [4.78, 5) is 4.30. The van der Waals surface area contributed by atoms with Crippen molar-refractivity contribution in [2.45, 2.75) is 32.4 Å². The van der Waals surface area contributed by atoms with Crippen LogP contribution in [0, 0.1) is 0 Å². The molecule has 0 fully saturated rings. The fourth-order valence-corrected chi connectivity index (χ4v) is 1.84. The Morgan fingerprint density at radius 2 is 2.05 bits per heavy atom. The number of benzene rings is 1. The van der Waals surface area contributed by atoms with Crippen LogP contribution in [0.4, 0.5) is 0 Å². The van der Waals surface area contributed by atoms with Gasteiger partial charge in [0.05, 0.1) is 6.04 Å². The minimum absolute atomic E-state index is 0.175. The zero-order valence-electron chi connectivity index (χ0n) is 11.2. The second-order valence-corrected chi connectivity index (χ2v) is 4.38. The SMILES string of the molecule is CCOC(C)c1noc(C(N)Cc2ccccc2)n1. The zero-order chi connectivity index (χ0) is 13.7. The van der Waals surface area contributed by atoms with Gasteiger partial charge in [-0.05, 0) is 25.8 Å². The summed E-state index contributed by atoms with van der Waals surface area (Å²) >= 11 is 0. The summed E-state index contributed by atoms with van der Waals surface area (Å²) < 4.78 is 10.6. The lowest BCUT2D eigenvalue weighted by atomic mass is 10.1. The second-order valence-electron chi connectivity index (χ2n) is 4.38. The van der Waals surface area contributed by atoms with Crippen molar-refractivity contribution in [1.29, 1.82) is 0 Å². The molecule has 0 aliphatic rings. The van der Waals surface area contributed by atoms with E-state index in [4.69, 9.17) is 15.0 Å². The lowest BCUT2D eigenvalue weighted by molar-refractivity contribution is 0.0683. The molecule has 1 aromatic carbocycles. The van der Waals surface area contributed by atoms with Gasteiger partial charge >= 0.3 is 0 Å². The third kappa shape index (κ3) is 3.62. The van der Waals surface area contributed by atoms with Gasteiger partial charge < -0.3 is 15.0 Å². The van der Waals surface area contributed by atoms with Crippen LogP contribution in [-0.4, -0.2) is 16.7 Å². The Hall–Kier alpha value is -1.72. The molecular formula is C14H19N3O2. The number of hydrogen-bond donors (Lipinski definition) is 1. The Bertz CT molecular complexity index is 498. The molecular weight excluding hydrogens is 242 g/mol. The van der Waals surface area contributed by atoms with Crippen LogP contribution < -0.4 is 5.73 Å². The molecule has 5 nitrogen and oxygen atoms in total. The monoisotopic (exact) mass is 261 g/mol. The number of ether oxygens (including phenoxy) is 1. The van der Waals surface area contributed by atoms with Crippen LogP contribution in [0.3, 0.4) is 0 Å². The number of nitrogens with two attached hydrogens (primary N) is 1. The molecule has 0 radical (unpaired) electrons. The highest BCUT2D eigenvalue weighted by molar-refractivity contribution is 5.16. The molecule has 0 bridgehead atoms. The topological polar surface area (TPSA) is 74.2 Å². The maximum absolute atomic E-state index is 6.08. The summed E-state index contributed by atoms with van der Waals surface area (Å²) in [7, 11) is 0. The van der Waals surface area contributed by atoms with Crippen LogP contribution in [0.2, 0.25) is 0 Å². The summed E-state index contributed by atoms with van der Waals surface area (Å²) in [6.45, 7) is 4.43. The lowest BCUT2D eigenvalue weighted by Crippen LogP contribution is -2.14. The first-order valence-electron chi connectivity index (χ1n) is 6.45. The maximum atomic E-state index is 6.08. The van der Waals surface area contributed by atoms with Crippen molar-refractivity contribution >= 4 is 0 Å². The second kappa shape index (κ2) is 6.45. The first-order chi connectivity index (χ1) is 9.20. The van der Waals surface area contributed by atoms with E-state index in [2.05, 4.69) is 10.1 Å². The Morgan fingerprint density at radius 3 is 2.74 bits per heavy atom. The molecule has 2 unspecified atom stereocenters. The van der Waals surface area contributed by atoms with Crippen LogP contribution in [0.25, 0.3) is 0 Å². The van der Waals surface area contributed by atoms with E-state index >= 15 is 0 Å². The fourth-order valence-electron chi connectivity index (χ4n) is 1.84. The molecule has 2 N–H and O–H groups in total. The summed E-state index contributed by atoms with van der Waals surface area (Å²) in [6.07, 6.45) is 0.498. The molecule has 102 valence electrons. The lowest BCUT2D eigenvalue weighted by Gasteiger charge is -2.07. The Kier molecular flexibility index (Phi) is 4.65. The van der Waals surface area contributed by atoms with Crippen molar-refractivity contribution in [2.24, 2.45) is 5.73 Å². The molecule has 2 atom stereocenters. The van der Waals surface area contributed by atoms with Crippen LogP contribution in [-0.2, 0) is 11.2 Å². The highest BCUT2D eigenvalue weighted by atomic mass is 16.5. The van der Waals surface area contributed by atoms with Crippen LogP contribution >= 0.6 is 0 Å². The van der Waals surface area contributed by atoms with Gasteiger partial charge in [0.2, 0.25) is 5.89 Å². The molecule has 2 rings (SSSR count). The van der Waals surface area contributed by atoms with Crippen molar-refractivity contribution in [3.05, 3.63) is 47.6 Å². The molecule has 1 aromatic heterocycles. The molecule has 1 heterocycles. The quantitative estimate of drug-likeness (QED) is 0.864. The van der Waals surface area contributed by atoms with E-state index in [-0.39, 0.29) is 12.1 Å². The number of rotatable bonds is 6. The molecule has 0 saturated carbocycles. The zero-order valence-corrected chi connectivity index (χ0v) is 11.2. The van der Waals surface area contributed by atoms with Crippen molar-refractivity contribution in [1.82, 2.24) is 10.1 Å². The van der Waals surface area contributed by atoms with Crippen LogP contribution in [0.15, 0.2) is 34.9 Å². The summed E-state index contributed by atoms with van der Waals surface area (Å²) in [5.74, 6) is 0.991. The van der Waals surface area contributed by atoms with Gasteiger partial charge in [0.25, 0.3) is 0 Å². The van der Waals surface area contributed by atoms with E-state index in [0.29, 0.717) is 24.7 Å². The van der Waals surface area contributed by atoms with E-state index in [1.165, 1.54) is 0 Å². The molecule has 2 aromatic rings. The molecule has 0 aliphatic carbocycles. The van der Waals surface area contributed by atoms with Gasteiger partial charge in [-0.15, -0.1) is 0 Å². The van der Waals surface area contributed by atoms with E-state index in [1.54, 1.807) is 0 Å². The van der Waals surface area contributed by atoms with Gasteiger partial charge in [-0.3, -0.25) is 0 Å². The number of hydrogen-bond acceptors (Lipinski definition) is 5. The smallest absolute Gasteiger partial charge is 0.243 e. The first-order valence-corrected chi connectivity index (χ1v) is 6.45. The Morgan fingerprint density at radius 1 is 1.32 bits per heavy atom. The van der Waals surface area contributed by atoms with Gasteiger partial charge in [-0.25, -0.2) is 0 Å². The first kappa shape index (κ1) is 13.7. The molecule has 0 aliphatic heterocycles. The Balaban J connectivity index is 2.02. The summed E-state index contributed by atoms with van der Waals surface area (Å²) in [5, 5.41) is 3.91. The predicted octanol–water partition coefficient (Wildman–Crippen LogP) is 2.41. The summed E-state index contributed by atoms with van der Waals surface area (Å²) in [5.41, 5.74) is 7.22. The fraction of sp³-hybridized carbons (Fsp3) is 0.429. The normalized spacial score (nSPS) is 14.3. The average Bonchev–Trinajstić information content (AvgIpc) is 2.90. The molecule has 0 spiro atoms. The largest absolute Gasteiger partial charge is 0.371 e. The molecule has 19 heavy (non-hydrogen) atoms. The standard InChI is InChI=1S/C14H19N3O2/c1-3-18-10(2)13-16-14(19-17-13)12(15)9-11-7-5-4-6-8-11/h4-8,10,12H,3,9,15H2,1-2H3. The van der Waals surface area contributed by atoms with Crippen LogP contribution in [0.5, 0.6) is 0 Å². The highest BCUT2D eigenvalue weighted by Gasteiger charge is 2.18. The third-order valence-corrected chi connectivity index (χ3v) is 2.85. The predicted molar refractivity (Wildman–Crippen MR) is 71.4 cm³/mol.